The van der Waals surface area contributed by atoms with Crippen molar-refractivity contribution in [3.63, 3.8) is 0 Å². The van der Waals surface area contributed by atoms with Crippen molar-refractivity contribution in [3.8, 4) is 0 Å². The van der Waals surface area contributed by atoms with Crippen LogP contribution in [0.25, 0.3) is 0 Å². The number of hydrogen-bond acceptors (Lipinski definition) is 3. The van der Waals surface area contributed by atoms with E-state index in [1.54, 1.807) is 6.20 Å². The van der Waals surface area contributed by atoms with Gasteiger partial charge in [-0.05, 0) is 43.1 Å². The van der Waals surface area contributed by atoms with E-state index in [1.165, 1.54) is 5.56 Å². The summed E-state index contributed by atoms with van der Waals surface area (Å²) in [7, 11) is 0. The van der Waals surface area contributed by atoms with Gasteiger partial charge in [0.1, 0.15) is 0 Å². The monoisotopic (exact) mass is 241 g/mol. The maximum absolute atomic E-state index is 4.52. The van der Waals surface area contributed by atoms with Gasteiger partial charge in [0.05, 0.1) is 11.7 Å². The smallest absolute Gasteiger partial charge is 0.0769 e. The minimum Gasteiger partial charge on any atom is -0.305 e. The largest absolute Gasteiger partial charge is 0.305 e. The molecule has 2 rings (SSSR count). The third-order valence-corrected chi connectivity index (χ3v) is 2.94. The van der Waals surface area contributed by atoms with Gasteiger partial charge in [-0.15, -0.1) is 0 Å². The van der Waals surface area contributed by atoms with Gasteiger partial charge in [0.25, 0.3) is 0 Å². The summed E-state index contributed by atoms with van der Waals surface area (Å²) in [6.45, 7) is 5.23. The fraction of sp³-hybridized carbons (Fsp3) is 0.333. The molecular formula is C15H19N3. The van der Waals surface area contributed by atoms with Crippen LogP contribution >= 0.6 is 0 Å². The predicted octanol–water partition coefficient (Wildman–Crippen LogP) is 2.87. The lowest BCUT2D eigenvalue weighted by Gasteiger charge is -2.19. The predicted molar refractivity (Wildman–Crippen MR) is 73.3 cm³/mol. The first kappa shape index (κ1) is 12.7. The molecule has 0 fully saturated rings. The molecule has 2 aromatic rings. The van der Waals surface area contributed by atoms with Crippen molar-refractivity contribution in [2.75, 3.05) is 6.54 Å². The van der Waals surface area contributed by atoms with Crippen molar-refractivity contribution in [3.05, 3.63) is 59.7 Å². The Bertz CT molecular complexity index is 482. The van der Waals surface area contributed by atoms with Crippen LogP contribution in [0.1, 0.15) is 36.2 Å². The molecular weight excluding hydrogens is 222 g/mol. The summed E-state index contributed by atoms with van der Waals surface area (Å²) in [5.74, 6) is 0. The second kappa shape index (κ2) is 6.26. The average molecular weight is 241 g/mol. The van der Waals surface area contributed by atoms with Crippen LogP contribution in [-0.2, 0) is 0 Å². The second-order valence-electron chi connectivity index (χ2n) is 4.38. The summed E-state index contributed by atoms with van der Waals surface area (Å²) in [5.41, 5.74) is 3.45. The van der Waals surface area contributed by atoms with Crippen molar-refractivity contribution in [1.29, 1.82) is 0 Å². The number of nitrogens with one attached hydrogen (secondary N) is 1. The van der Waals surface area contributed by atoms with Gasteiger partial charge in [0.2, 0.25) is 0 Å². The van der Waals surface area contributed by atoms with E-state index in [9.17, 15) is 0 Å². The summed E-state index contributed by atoms with van der Waals surface area (Å²) >= 11 is 0. The molecule has 0 amide bonds. The minimum absolute atomic E-state index is 0.125. The minimum atomic E-state index is 0.125. The fourth-order valence-electron chi connectivity index (χ4n) is 2.01. The molecule has 3 heteroatoms. The Labute approximate surface area is 108 Å². The highest BCUT2D eigenvalue weighted by Gasteiger charge is 2.16. The number of rotatable bonds is 5. The Morgan fingerprint density at radius 2 is 2.06 bits per heavy atom. The van der Waals surface area contributed by atoms with Crippen LogP contribution in [0.15, 0.2) is 42.9 Å². The van der Waals surface area contributed by atoms with Crippen LogP contribution in [0.2, 0.25) is 0 Å². The Hall–Kier alpha value is -1.74. The van der Waals surface area contributed by atoms with Gasteiger partial charge < -0.3 is 5.32 Å². The Morgan fingerprint density at radius 1 is 1.22 bits per heavy atom. The molecule has 18 heavy (non-hydrogen) atoms. The van der Waals surface area contributed by atoms with E-state index in [-0.39, 0.29) is 6.04 Å². The lowest BCUT2D eigenvalue weighted by Crippen LogP contribution is -2.24. The molecule has 0 aliphatic heterocycles. The Morgan fingerprint density at radius 3 is 2.72 bits per heavy atom. The van der Waals surface area contributed by atoms with Crippen molar-refractivity contribution in [2.24, 2.45) is 0 Å². The van der Waals surface area contributed by atoms with E-state index in [2.05, 4.69) is 41.3 Å². The molecule has 3 nitrogen and oxygen atoms in total. The quantitative estimate of drug-likeness (QED) is 0.874. The van der Waals surface area contributed by atoms with E-state index in [1.807, 2.05) is 24.5 Å². The molecule has 0 saturated heterocycles. The second-order valence-corrected chi connectivity index (χ2v) is 4.38. The zero-order chi connectivity index (χ0) is 12.8. The molecule has 0 spiro atoms. The molecule has 0 aliphatic carbocycles. The van der Waals surface area contributed by atoms with Crippen LogP contribution in [0, 0.1) is 6.92 Å². The third-order valence-electron chi connectivity index (χ3n) is 2.94. The fourth-order valence-corrected chi connectivity index (χ4v) is 2.01. The van der Waals surface area contributed by atoms with E-state index in [0.29, 0.717) is 0 Å². The molecule has 0 radical (unpaired) electrons. The first-order valence-corrected chi connectivity index (χ1v) is 6.37. The standard InChI is InChI=1S/C15H19N3/c1-3-8-17-15(13-7-5-9-16-11-13)14-12(2)6-4-10-18-14/h4-7,9-11,15,17H,3,8H2,1-2H3. The zero-order valence-corrected chi connectivity index (χ0v) is 10.9. The van der Waals surface area contributed by atoms with Crippen LogP contribution in [0.3, 0.4) is 0 Å². The summed E-state index contributed by atoms with van der Waals surface area (Å²) in [4.78, 5) is 8.72. The summed E-state index contributed by atoms with van der Waals surface area (Å²) in [5, 5.41) is 3.54. The van der Waals surface area contributed by atoms with E-state index >= 15 is 0 Å². The first-order chi connectivity index (χ1) is 8.83. The van der Waals surface area contributed by atoms with Crippen molar-refractivity contribution >= 4 is 0 Å². The number of nitrogens with zero attached hydrogens (tertiary/aromatic N) is 2. The summed E-state index contributed by atoms with van der Waals surface area (Å²) < 4.78 is 0. The first-order valence-electron chi connectivity index (χ1n) is 6.37. The van der Waals surface area contributed by atoms with Crippen molar-refractivity contribution in [1.82, 2.24) is 15.3 Å². The molecule has 0 bridgehead atoms. The summed E-state index contributed by atoms with van der Waals surface area (Å²) in [6, 6.07) is 8.25. The number of hydrogen-bond donors (Lipinski definition) is 1. The van der Waals surface area contributed by atoms with Gasteiger partial charge in [-0.2, -0.15) is 0 Å². The van der Waals surface area contributed by atoms with Gasteiger partial charge in [0.15, 0.2) is 0 Å². The molecule has 94 valence electrons. The van der Waals surface area contributed by atoms with Crippen LogP contribution in [-0.4, -0.2) is 16.5 Å². The van der Waals surface area contributed by atoms with E-state index in [0.717, 1.165) is 24.2 Å². The number of pyridine rings is 2. The van der Waals surface area contributed by atoms with Gasteiger partial charge in [-0.3, -0.25) is 9.97 Å². The molecule has 0 aromatic carbocycles. The van der Waals surface area contributed by atoms with E-state index in [4.69, 9.17) is 0 Å². The molecule has 1 N–H and O–H groups in total. The molecule has 2 aromatic heterocycles. The third kappa shape index (κ3) is 2.93. The highest BCUT2D eigenvalue weighted by Crippen LogP contribution is 2.22. The number of aromatic nitrogens is 2. The average Bonchev–Trinajstić information content (AvgIpc) is 2.42. The normalized spacial score (nSPS) is 12.3. The lowest BCUT2D eigenvalue weighted by molar-refractivity contribution is 0.582. The van der Waals surface area contributed by atoms with Gasteiger partial charge in [-0.25, -0.2) is 0 Å². The highest BCUT2D eigenvalue weighted by atomic mass is 14.9. The molecule has 2 heterocycles. The highest BCUT2D eigenvalue weighted by molar-refractivity contribution is 5.30. The SMILES string of the molecule is CCCNC(c1cccnc1)c1ncccc1C. The maximum atomic E-state index is 4.52. The molecule has 0 saturated carbocycles. The van der Waals surface area contributed by atoms with Crippen LogP contribution in [0.4, 0.5) is 0 Å². The molecule has 1 atom stereocenters. The summed E-state index contributed by atoms with van der Waals surface area (Å²) in [6.07, 6.45) is 6.65. The Kier molecular flexibility index (Phi) is 4.42. The zero-order valence-electron chi connectivity index (χ0n) is 10.9. The van der Waals surface area contributed by atoms with Gasteiger partial charge >= 0.3 is 0 Å². The number of aryl methyl sites for hydroxylation is 1. The van der Waals surface area contributed by atoms with Gasteiger partial charge in [-0.1, -0.05) is 19.1 Å². The molecule has 1 unspecified atom stereocenters. The maximum Gasteiger partial charge on any atom is 0.0769 e. The molecule has 0 aliphatic rings. The van der Waals surface area contributed by atoms with Crippen molar-refractivity contribution < 1.29 is 0 Å². The Balaban J connectivity index is 2.34. The van der Waals surface area contributed by atoms with E-state index < -0.39 is 0 Å². The lowest BCUT2D eigenvalue weighted by atomic mass is 10.0. The topological polar surface area (TPSA) is 37.8 Å². The van der Waals surface area contributed by atoms with Crippen LogP contribution < -0.4 is 5.32 Å². The van der Waals surface area contributed by atoms with Gasteiger partial charge in [0, 0.05) is 18.6 Å². The van der Waals surface area contributed by atoms with Crippen LogP contribution in [0.5, 0.6) is 0 Å². The van der Waals surface area contributed by atoms with Crippen molar-refractivity contribution in [2.45, 2.75) is 26.3 Å².